The molecule has 4 heteroatoms. The van der Waals surface area contributed by atoms with Crippen LogP contribution in [0.4, 0.5) is 0 Å². The molecule has 1 aromatic carbocycles. The van der Waals surface area contributed by atoms with Crippen molar-refractivity contribution in [2.45, 2.75) is 6.54 Å². The maximum atomic E-state index is 5.54. The van der Waals surface area contributed by atoms with E-state index in [0.29, 0.717) is 6.61 Å². The first-order valence-electron chi connectivity index (χ1n) is 6.57. The predicted molar refractivity (Wildman–Crippen MR) is 90.0 cm³/mol. The second-order valence-electron chi connectivity index (χ2n) is 4.30. The van der Waals surface area contributed by atoms with Crippen LogP contribution in [0.1, 0.15) is 10.4 Å². The Morgan fingerprint density at radius 1 is 1.25 bits per heavy atom. The van der Waals surface area contributed by atoms with Crippen LogP contribution in [0, 0.1) is 0 Å². The molecule has 0 fully saturated rings. The standard InChI is InChI=1S/C16H18BrNOS/c17-15-11-16(20-13-15)12-18-8-10-19-9-4-7-14-5-2-1-3-6-14/h1-7,11,13,18H,8-10,12H2. The number of halogens is 1. The number of thiophene rings is 1. The summed E-state index contributed by atoms with van der Waals surface area (Å²) in [7, 11) is 0. The molecule has 0 saturated heterocycles. The summed E-state index contributed by atoms with van der Waals surface area (Å²) in [5.74, 6) is 0. The second kappa shape index (κ2) is 9.08. The Bertz CT molecular complexity index is 524. The molecule has 106 valence electrons. The highest BCUT2D eigenvalue weighted by atomic mass is 79.9. The van der Waals surface area contributed by atoms with E-state index in [1.165, 1.54) is 10.4 Å². The van der Waals surface area contributed by atoms with Gasteiger partial charge in [-0.05, 0) is 27.6 Å². The highest BCUT2D eigenvalue weighted by Crippen LogP contribution is 2.19. The molecule has 0 spiro atoms. The summed E-state index contributed by atoms with van der Waals surface area (Å²) in [6.07, 6.45) is 4.13. The molecule has 2 rings (SSSR count). The van der Waals surface area contributed by atoms with E-state index >= 15 is 0 Å². The zero-order valence-electron chi connectivity index (χ0n) is 11.2. The Kier molecular flexibility index (Phi) is 7.01. The van der Waals surface area contributed by atoms with Crippen molar-refractivity contribution < 1.29 is 4.74 Å². The zero-order valence-corrected chi connectivity index (χ0v) is 13.6. The molecule has 0 aliphatic rings. The van der Waals surface area contributed by atoms with Crippen molar-refractivity contribution in [2.24, 2.45) is 0 Å². The van der Waals surface area contributed by atoms with Gasteiger partial charge in [-0.3, -0.25) is 0 Å². The smallest absolute Gasteiger partial charge is 0.0651 e. The summed E-state index contributed by atoms with van der Waals surface area (Å²) in [4.78, 5) is 1.33. The van der Waals surface area contributed by atoms with Gasteiger partial charge in [0.25, 0.3) is 0 Å². The lowest BCUT2D eigenvalue weighted by Gasteiger charge is -2.03. The predicted octanol–water partition coefficient (Wildman–Crippen LogP) is 4.33. The number of hydrogen-bond donors (Lipinski definition) is 1. The van der Waals surface area contributed by atoms with E-state index in [0.717, 1.165) is 24.2 Å². The number of benzene rings is 1. The normalized spacial score (nSPS) is 11.2. The first-order valence-corrected chi connectivity index (χ1v) is 8.25. The lowest BCUT2D eigenvalue weighted by molar-refractivity contribution is 0.164. The minimum Gasteiger partial charge on any atom is -0.376 e. The van der Waals surface area contributed by atoms with E-state index in [4.69, 9.17) is 4.74 Å². The van der Waals surface area contributed by atoms with Crippen LogP contribution in [0.5, 0.6) is 0 Å². The molecule has 0 atom stereocenters. The van der Waals surface area contributed by atoms with Gasteiger partial charge in [-0.15, -0.1) is 11.3 Å². The highest BCUT2D eigenvalue weighted by molar-refractivity contribution is 9.10. The summed E-state index contributed by atoms with van der Waals surface area (Å²) < 4.78 is 6.70. The molecule has 2 nitrogen and oxygen atoms in total. The second-order valence-corrected chi connectivity index (χ2v) is 6.21. The van der Waals surface area contributed by atoms with Crippen molar-refractivity contribution in [1.82, 2.24) is 5.32 Å². The fourth-order valence-electron chi connectivity index (χ4n) is 1.70. The molecule has 0 aliphatic heterocycles. The van der Waals surface area contributed by atoms with Gasteiger partial charge < -0.3 is 10.1 Å². The van der Waals surface area contributed by atoms with Crippen LogP contribution in [0.3, 0.4) is 0 Å². The Morgan fingerprint density at radius 2 is 2.10 bits per heavy atom. The average molecular weight is 352 g/mol. The van der Waals surface area contributed by atoms with Gasteiger partial charge in [0.1, 0.15) is 0 Å². The van der Waals surface area contributed by atoms with Crippen molar-refractivity contribution in [2.75, 3.05) is 19.8 Å². The molecule has 0 unspecified atom stereocenters. The zero-order chi connectivity index (χ0) is 14.0. The third-order valence-corrected chi connectivity index (χ3v) is 4.37. The van der Waals surface area contributed by atoms with Crippen molar-refractivity contribution in [3.63, 3.8) is 0 Å². The number of nitrogens with one attached hydrogen (secondary N) is 1. The lowest BCUT2D eigenvalue weighted by Crippen LogP contribution is -2.18. The molecule has 1 N–H and O–H groups in total. The lowest BCUT2D eigenvalue weighted by atomic mass is 10.2. The van der Waals surface area contributed by atoms with Crippen molar-refractivity contribution >= 4 is 33.3 Å². The van der Waals surface area contributed by atoms with Gasteiger partial charge in [-0.25, -0.2) is 0 Å². The molecule has 1 heterocycles. The minimum absolute atomic E-state index is 0.654. The van der Waals surface area contributed by atoms with E-state index in [1.807, 2.05) is 24.3 Å². The maximum Gasteiger partial charge on any atom is 0.0651 e. The molecule has 0 radical (unpaired) electrons. The number of ether oxygens (including phenoxy) is 1. The van der Waals surface area contributed by atoms with Crippen LogP contribution in [0.2, 0.25) is 0 Å². The quantitative estimate of drug-likeness (QED) is 0.714. The van der Waals surface area contributed by atoms with Gasteiger partial charge in [0.2, 0.25) is 0 Å². The largest absolute Gasteiger partial charge is 0.376 e. The highest BCUT2D eigenvalue weighted by Gasteiger charge is 1.96. The van der Waals surface area contributed by atoms with Gasteiger partial charge in [-0.2, -0.15) is 0 Å². The molecule has 0 bridgehead atoms. The topological polar surface area (TPSA) is 21.3 Å². The summed E-state index contributed by atoms with van der Waals surface area (Å²) >= 11 is 5.21. The molecule has 0 aliphatic carbocycles. The van der Waals surface area contributed by atoms with E-state index < -0.39 is 0 Å². The van der Waals surface area contributed by atoms with Gasteiger partial charge in [0.05, 0.1) is 13.2 Å². The van der Waals surface area contributed by atoms with E-state index in [9.17, 15) is 0 Å². The summed E-state index contributed by atoms with van der Waals surface area (Å²) in [6.45, 7) is 3.15. The third kappa shape index (κ3) is 6.01. The number of rotatable bonds is 8. The summed E-state index contributed by atoms with van der Waals surface area (Å²) in [5, 5.41) is 5.46. The molecule has 0 saturated carbocycles. The van der Waals surface area contributed by atoms with Gasteiger partial charge in [0.15, 0.2) is 0 Å². The van der Waals surface area contributed by atoms with E-state index in [-0.39, 0.29) is 0 Å². The minimum atomic E-state index is 0.654. The van der Waals surface area contributed by atoms with Crippen LogP contribution in [0.25, 0.3) is 6.08 Å². The SMILES string of the molecule is Brc1csc(CNCCOCC=Cc2ccccc2)c1. The van der Waals surface area contributed by atoms with Crippen molar-refractivity contribution in [3.05, 3.63) is 62.8 Å². The summed E-state index contributed by atoms with van der Waals surface area (Å²) in [6, 6.07) is 12.4. The molecular formula is C16H18BrNOS. The molecule has 20 heavy (non-hydrogen) atoms. The van der Waals surface area contributed by atoms with Crippen LogP contribution >= 0.6 is 27.3 Å². The van der Waals surface area contributed by atoms with E-state index in [1.54, 1.807) is 11.3 Å². The van der Waals surface area contributed by atoms with Crippen molar-refractivity contribution in [1.29, 1.82) is 0 Å². The molecule has 1 aromatic heterocycles. The van der Waals surface area contributed by atoms with Crippen molar-refractivity contribution in [3.8, 4) is 0 Å². The Hall–Kier alpha value is -0.940. The van der Waals surface area contributed by atoms with Crippen LogP contribution < -0.4 is 5.32 Å². The first kappa shape index (κ1) is 15.4. The molecular weight excluding hydrogens is 334 g/mol. The first-order chi connectivity index (χ1) is 9.84. The van der Waals surface area contributed by atoms with Gasteiger partial charge >= 0.3 is 0 Å². The maximum absolute atomic E-state index is 5.54. The Labute approximate surface area is 132 Å². The number of hydrogen-bond acceptors (Lipinski definition) is 3. The van der Waals surface area contributed by atoms with Crippen LogP contribution in [0.15, 0.2) is 52.3 Å². The Balaban J connectivity index is 1.51. The van der Waals surface area contributed by atoms with Gasteiger partial charge in [0, 0.05) is 27.8 Å². The monoisotopic (exact) mass is 351 g/mol. The van der Waals surface area contributed by atoms with E-state index in [2.05, 4.69) is 50.9 Å². The van der Waals surface area contributed by atoms with Crippen LogP contribution in [-0.2, 0) is 11.3 Å². The van der Waals surface area contributed by atoms with Gasteiger partial charge in [-0.1, -0.05) is 42.5 Å². The Morgan fingerprint density at radius 3 is 2.85 bits per heavy atom. The third-order valence-electron chi connectivity index (χ3n) is 2.67. The summed E-state index contributed by atoms with van der Waals surface area (Å²) in [5.41, 5.74) is 1.21. The van der Waals surface area contributed by atoms with Crippen LogP contribution in [-0.4, -0.2) is 19.8 Å². The molecule has 2 aromatic rings. The fourth-order valence-corrected chi connectivity index (χ4v) is 3.12. The fraction of sp³-hybridized carbons (Fsp3) is 0.250. The average Bonchev–Trinajstić information content (AvgIpc) is 2.88. The molecule has 0 amide bonds.